The van der Waals surface area contributed by atoms with Crippen LogP contribution in [0.1, 0.15) is 30.1 Å². The largest absolute Gasteiger partial charge is 0.501 e. The van der Waals surface area contributed by atoms with E-state index >= 15 is 0 Å². The lowest BCUT2D eigenvalue weighted by Crippen LogP contribution is -2.56. The maximum Gasteiger partial charge on any atom is 0.501 e. The average Bonchev–Trinajstić information content (AvgIpc) is 2.70. The molecule has 1 atom stereocenters. The molecule has 11 heteroatoms. The number of hydrogen-bond donors (Lipinski definition) is 1. The SMILES string of the molecule is O=S(=O)(c1ccc(OC2CC3(COC3)C2)c2c1[C@H](O)C(F)(F)C2)C(F)(F)F. The van der Waals surface area contributed by atoms with Gasteiger partial charge in [-0.2, -0.15) is 13.2 Å². The van der Waals surface area contributed by atoms with Crippen LogP contribution in [-0.2, 0) is 21.0 Å². The quantitative estimate of drug-likeness (QED) is 0.771. The maximum absolute atomic E-state index is 14.0. The fourth-order valence-corrected chi connectivity index (χ4v) is 4.93. The van der Waals surface area contributed by atoms with Gasteiger partial charge in [-0.1, -0.05) is 0 Å². The Balaban J connectivity index is 1.72. The minimum atomic E-state index is -5.90. The molecule has 0 bridgehead atoms. The molecule has 0 radical (unpaired) electrons. The first-order valence-corrected chi connectivity index (χ1v) is 9.62. The number of aliphatic hydroxyl groups excluding tert-OH is 1. The van der Waals surface area contributed by atoms with Gasteiger partial charge in [-0.3, -0.25) is 0 Å². The molecule has 2 fully saturated rings. The Labute approximate surface area is 151 Å². The second kappa shape index (κ2) is 5.54. The Bertz CT molecular complexity index is 883. The number of sulfone groups is 1. The predicted octanol–water partition coefficient (Wildman–Crippen LogP) is 2.76. The summed E-state index contributed by atoms with van der Waals surface area (Å²) in [7, 11) is -5.90. The Hall–Kier alpha value is -1.46. The van der Waals surface area contributed by atoms with Crippen LogP contribution in [0.3, 0.4) is 0 Å². The molecule has 1 aromatic rings. The highest BCUT2D eigenvalue weighted by molar-refractivity contribution is 7.92. The third kappa shape index (κ3) is 2.73. The lowest BCUT2D eigenvalue weighted by atomic mass is 9.65. The van der Waals surface area contributed by atoms with E-state index in [9.17, 15) is 35.5 Å². The number of ether oxygens (including phenoxy) is 2. The summed E-state index contributed by atoms with van der Waals surface area (Å²) in [6, 6.07) is 1.52. The van der Waals surface area contributed by atoms with Gasteiger partial charge in [0.05, 0.1) is 18.1 Å². The van der Waals surface area contributed by atoms with Gasteiger partial charge in [-0.25, -0.2) is 17.2 Å². The van der Waals surface area contributed by atoms with Crippen LogP contribution in [0, 0.1) is 5.41 Å². The second-order valence-electron chi connectivity index (χ2n) is 7.38. The summed E-state index contributed by atoms with van der Waals surface area (Å²) >= 11 is 0. The van der Waals surface area contributed by atoms with Crippen LogP contribution >= 0.6 is 0 Å². The van der Waals surface area contributed by atoms with Crippen molar-refractivity contribution in [3.05, 3.63) is 23.3 Å². The molecule has 0 amide bonds. The number of fused-ring (bicyclic) bond motifs is 1. The molecule has 150 valence electrons. The first-order chi connectivity index (χ1) is 12.4. The number of rotatable bonds is 3. The molecule has 1 saturated heterocycles. The highest BCUT2D eigenvalue weighted by atomic mass is 32.2. The van der Waals surface area contributed by atoms with Gasteiger partial charge in [0, 0.05) is 23.0 Å². The fraction of sp³-hybridized carbons (Fsp3) is 0.625. The Kier molecular flexibility index (Phi) is 3.88. The molecule has 0 aromatic heterocycles. The predicted molar refractivity (Wildman–Crippen MR) is 80.2 cm³/mol. The molecule has 1 saturated carbocycles. The minimum Gasteiger partial charge on any atom is -0.490 e. The van der Waals surface area contributed by atoms with Gasteiger partial charge in [-0.15, -0.1) is 0 Å². The minimum absolute atomic E-state index is 0.0108. The monoisotopic (exact) mass is 414 g/mol. The average molecular weight is 414 g/mol. The highest BCUT2D eigenvalue weighted by Gasteiger charge is 2.56. The van der Waals surface area contributed by atoms with Crippen molar-refractivity contribution in [2.75, 3.05) is 13.2 Å². The van der Waals surface area contributed by atoms with Gasteiger partial charge < -0.3 is 14.6 Å². The summed E-state index contributed by atoms with van der Waals surface area (Å²) < 4.78 is 101. The van der Waals surface area contributed by atoms with Crippen molar-refractivity contribution in [2.45, 2.75) is 47.8 Å². The van der Waals surface area contributed by atoms with Crippen molar-refractivity contribution in [3.8, 4) is 5.75 Å². The Morgan fingerprint density at radius 2 is 1.81 bits per heavy atom. The normalized spacial score (nSPS) is 26.4. The zero-order valence-electron chi connectivity index (χ0n) is 13.7. The molecule has 3 aliphatic rings. The highest BCUT2D eigenvalue weighted by Crippen LogP contribution is 2.53. The molecule has 2 aliphatic carbocycles. The third-order valence-electron chi connectivity index (χ3n) is 5.39. The first kappa shape index (κ1) is 18.9. The van der Waals surface area contributed by atoms with Gasteiger partial charge in [0.15, 0.2) is 0 Å². The second-order valence-corrected chi connectivity index (χ2v) is 9.29. The lowest BCUT2D eigenvalue weighted by molar-refractivity contribution is -0.191. The van der Waals surface area contributed by atoms with Crippen LogP contribution in [0.15, 0.2) is 17.0 Å². The van der Waals surface area contributed by atoms with Crippen LogP contribution in [0.5, 0.6) is 5.75 Å². The number of halogens is 5. The van der Waals surface area contributed by atoms with Gasteiger partial charge in [0.1, 0.15) is 18.0 Å². The summed E-state index contributed by atoms with van der Waals surface area (Å²) in [4.78, 5) is -1.36. The third-order valence-corrected chi connectivity index (χ3v) is 6.93. The Morgan fingerprint density at radius 3 is 2.33 bits per heavy atom. The molecule has 5 nitrogen and oxygen atoms in total. The van der Waals surface area contributed by atoms with Gasteiger partial charge in [0.25, 0.3) is 15.8 Å². The van der Waals surface area contributed by atoms with Crippen LogP contribution in [-0.4, -0.2) is 44.3 Å². The molecule has 1 aliphatic heterocycles. The fourth-order valence-electron chi connectivity index (χ4n) is 3.91. The summed E-state index contributed by atoms with van der Waals surface area (Å²) in [5, 5.41) is 9.83. The smallest absolute Gasteiger partial charge is 0.490 e. The molecule has 1 spiro atoms. The van der Waals surface area contributed by atoms with Crippen molar-refractivity contribution >= 4 is 9.84 Å². The van der Waals surface area contributed by atoms with Crippen molar-refractivity contribution in [1.82, 2.24) is 0 Å². The summed E-state index contributed by atoms with van der Waals surface area (Å²) in [5.74, 6) is -3.91. The summed E-state index contributed by atoms with van der Waals surface area (Å²) in [6.07, 6.45) is -2.85. The van der Waals surface area contributed by atoms with Crippen LogP contribution in [0.4, 0.5) is 22.0 Å². The zero-order valence-corrected chi connectivity index (χ0v) is 14.5. The molecule has 1 N–H and O–H groups in total. The van der Waals surface area contributed by atoms with Crippen LogP contribution < -0.4 is 4.74 Å². The van der Waals surface area contributed by atoms with E-state index in [1.54, 1.807) is 0 Å². The van der Waals surface area contributed by atoms with Crippen molar-refractivity contribution in [3.63, 3.8) is 0 Å². The van der Waals surface area contributed by atoms with Crippen molar-refractivity contribution in [2.24, 2.45) is 5.41 Å². The molecule has 4 rings (SSSR count). The van der Waals surface area contributed by atoms with Gasteiger partial charge in [0.2, 0.25) is 0 Å². The number of hydrogen-bond acceptors (Lipinski definition) is 5. The standard InChI is InChI=1S/C16H15F5O5S/c17-15(18)5-9-10(26-8-3-14(4-8)6-25-7-14)1-2-11(12(9)13(15)22)27(23,24)16(19,20)21/h1-2,8,13,22H,3-7H2/t13-/m0/s1. The first-order valence-electron chi connectivity index (χ1n) is 8.14. The van der Waals surface area contributed by atoms with E-state index in [4.69, 9.17) is 9.47 Å². The topological polar surface area (TPSA) is 72.8 Å². The Morgan fingerprint density at radius 1 is 1.19 bits per heavy atom. The van der Waals surface area contributed by atoms with E-state index in [-0.39, 0.29) is 17.3 Å². The van der Waals surface area contributed by atoms with E-state index in [1.807, 2.05) is 0 Å². The van der Waals surface area contributed by atoms with E-state index in [0.29, 0.717) is 32.1 Å². The van der Waals surface area contributed by atoms with Crippen LogP contribution in [0.2, 0.25) is 0 Å². The maximum atomic E-state index is 14.0. The summed E-state index contributed by atoms with van der Waals surface area (Å²) in [5.41, 5.74) is -7.00. The van der Waals surface area contributed by atoms with E-state index in [1.165, 1.54) is 0 Å². The van der Waals surface area contributed by atoms with Crippen molar-refractivity contribution in [1.29, 1.82) is 0 Å². The zero-order chi connectivity index (χ0) is 19.8. The van der Waals surface area contributed by atoms with E-state index in [0.717, 1.165) is 6.07 Å². The van der Waals surface area contributed by atoms with Gasteiger partial charge in [-0.05, 0) is 25.0 Å². The molecular formula is C16H15F5O5S. The molecular weight excluding hydrogens is 399 g/mol. The molecule has 1 heterocycles. The number of alkyl halides is 5. The number of benzene rings is 1. The van der Waals surface area contributed by atoms with E-state index in [2.05, 4.69) is 0 Å². The lowest BCUT2D eigenvalue weighted by Gasteiger charge is -2.52. The van der Waals surface area contributed by atoms with E-state index < -0.39 is 49.8 Å². The molecule has 1 aromatic carbocycles. The van der Waals surface area contributed by atoms with Crippen LogP contribution in [0.25, 0.3) is 0 Å². The summed E-state index contributed by atoms with van der Waals surface area (Å²) in [6.45, 7) is 1.15. The van der Waals surface area contributed by atoms with Gasteiger partial charge >= 0.3 is 5.51 Å². The number of aliphatic hydroxyl groups is 1. The van der Waals surface area contributed by atoms with Crippen molar-refractivity contribution < 1.29 is 45.0 Å². The molecule has 0 unspecified atom stereocenters. The molecule has 27 heavy (non-hydrogen) atoms.